The second kappa shape index (κ2) is 3.10. The van der Waals surface area contributed by atoms with Crippen LogP contribution >= 0.6 is 0 Å². The molecule has 1 aromatic carbocycles. The second-order valence-electron chi connectivity index (χ2n) is 3.15. The van der Waals surface area contributed by atoms with Crippen LogP contribution in [0.25, 0.3) is 10.8 Å². The zero-order valence-corrected chi connectivity index (χ0v) is 7.69. The lowest BCUT2D eigenvalue weighted by molar-refractivity contribution is 0.101. The summed E-state index contributed by atoms with van der Waals surface area (Å²) >= 11 is 0. The van der Waals surface area contributed by atoms with Gasteiger partial charge in [0.15, 0.2) is 5.78 Å². The van der Waals surface area contributed by atoms with Gasteiger partial charge in [-0.15, -0.1) is 0 Å². The molecule has 1 N–H and O–H groups in total. The molecule has 0 saturated carbocycles. The Balaban J connectivity index is 2.76. The van der Waals surface area contributed by atoms with Crippen molar-refractivity contribution in [1.29, 1.82) is 0 Å². The zero-order chi connectivity index (χ0) is 10.1. The summed E-state index contributed by atoms with van der Waals surface area (Å²) in [6.07, 6.45) is 3.02. The average Bonchev–Trinajstić information content (AvgIpc) is 2.18. The first-order valence-corrected chi connectivity index (χ1v) is 4.26. The van der Waals surface area contributed by atoms with E-state index in [0.717, 1.165) is 5.39 Å². The second-order valence-corrected chi connectivity index (χ2v) is 3.15. The Morgan fingerprint density at radius 1 is 1.36 bits per heavy atom. The highest BCUT2D eigenvalue weighted by molar-refractivity contribution is 5.99. The molecule has 0 aliphatic heterocycles. The Kier molecular flexibility index (Phi) is 1.93. The number of hydrogen-bond donors (Lipinski definition) is 1. The quantitative estimate of drug-likeness (QED) is 0.696. The largest absolute Gasteiger partial charge is 0.506 e. The fourth-order valence-electron chi connectivity index (χ4n) is 1.37. The summed E-state index contributed by atoms with van der Waals surface area (Å²) < 4.78 is 0. The van der Waals surface area contributed by atoms with Crippen molar-refractivity contribution in [3.63, 3.8) is 0 Å². The highest BCUT2D eigenvalue weighted by atomic mass is 16.3. The van der Waals surface area contributed by atoms with Crippen LogP contribution in [0.4, 0.5) is 0 Å². The molecule has 0 bridgehead atoms. The first-order valence-electron chi connectivity index (χ1n) is 4.26. The van der Waals surface area contributed by atoms with Crippen molar-refractivity contribution in [1.82, 2.24) is 4.98 Å². The first kappa shape index (κ1) is 8.69. The van der Waals surface area contributed by atoms with Crippen molar-refractivity contribution in [2.45, 2.75) is 6.92 Å². The summed E-state index contributed by atoms with van der Waals surface area (Å²) in [7, 11) is 0. The number of aromatic hydroxyl groups is 1. The maximum atomic E-state index is 11.1. The van der Waals surface area contributed by atoms with E-state index in [9.17, 15) is 9.90 Å². The van der Waals surface area contributed by atoms with E-state index in [1.807, 2.05) is 0 Å². The molecule has 0 unspecified atom stereocenters. The third kappa shape index (κ3) is 1.33. The van der Waals surface area contributed by atoms with Crippen LogP contribution in [-0.2, 0) is 0 Å². The average molecular weight is 187 g/mol. The molecule has 0 radical (unpaired) electrons. The summed E-state index contributed by atoms with van der Waals surface area (Å²) in [6, 6.07) is 5.18. The summed E-state index contributed by atoms with van der Waals surface area (Å²) in [6.45, 7) is 1.50. The van der Waals surface area contributed by atoms with Crippen LogP contribution in [0.5, 0.6) is 5.75 Å². The van der Waals surface area contributed by atoms with E-state index < -0.39 is 0 Å². The minimum atomic E-state index is -0.0110. The summed E-state index contributed by atoms with van der Waals surface area (Å²) in [5, 5.41) is 11.0. The number of aromatic nitrogens is 1. The van der Waals surface area contributed by atoms with E-state index >= 15 is 0 Å². The van der Waals surface area contributed by atoms with Gasteiger partial charge in [-0.3, -0.25) is 9.78 Å². The lowest BCUT2D eigenvalue weighted by Gasteiger charge is -2.01. The topological polar surface area (TPSA) is 50.2 Å². The van der Waals surface area contributed by atoms with Crippen LogP contribution in [0, 0.1) is 0 Å². The number of nitrogens with zero attached hydrogens (tertiary/aromatic N) is 1. The zero-order valence-electron chi connectivity index (χ0n) is 7.69. The van der Waals surface area contributed by atoms with Gasteiger partial charge in [-0.2, -0.15) is 0 Å². The van der Waals surface area contributed by atoms with Crippen molar-refractivity contribution in [2.75, 3.05) is 0 Å². The minimum Gasteiger partial charge on any atom is -0.506 e. The number of hydrogen-bond acceptors (Lipinski definition) is 3. The van der Waals surface area contributed by atoms with Gasteiger partial charge in [0.1, 0.15) is 5.75 Å². The Labute approximate surface area is 81.0 Å². The number of ketones is 1. The normalized spacial score (nSPS) is 10.4. The van der Waals surface area contributed by atoms with Gasteiger partial charge in [0.25, 0.3) is 0 Å². The standard InChI is InChI=1S/C11H9NO2/c1-7(13)8-2-3-9-5-12-6-11(14)10(9)4-8/h2-6,14H,1H3. The highest BCUT2D eigenvalue weighted by Crippen LogP contribution is 2.23. The van der Waals surface area contributed by atoms with Crippen molar-refractivity contribution in [3.8, 4) is 5.75 Å². The van der Waals surface area contributed by atoms with E-state index in [-0.39, 0.29) is 11.5 Å². The van der Waals surface area contributed by atoms with Crippen molar-refractivity contribution < 1.29 is 9.90 Å². The summed E-state index contributed by atoms with van der Waals surface area (Å²) in [5.41, 5.74) is 0.596. The minimum absolute atomic E-state index is 0.0110. The van der Waals surface area contributed by atoms with Crippen LogP contribution in [0.1, 0.15) is 17.3 Å². The lowest BCUT2D eigenvalue weighted by Crippen LogP contribution is -1.91. The van der Waals surface area contributed by atoms with Crippen molar-refractivity contribution in [3.05, 3.63) is 36.2 Å². The van der Waals surface area contributed by atoms with E-state index in [4.69, 9.17) is 0 Å². The van der Waals surface area contributed by atoms with Gasteiger partial charge < -0.3 is 5.11 Å². The molecule has 0 aliphatic rings. The van der Waals surface area contributed by atoms with Gasteiger partial charge in [0.05, 0.1) is 6.20 Å². The van der Waals surface area contributed by atoms with E-state index in [1.54, 1.807) is 24.4 Å². The van der Waals surface area contributed by atoms with Crippen LogP contribution in [0.15, 0.2) is 30.6 Å². The van der Waals surface area contributed by atoms with E-state index in [0.29, 0.717) is 10.9 Å². The Hall–Kier alpha value is -1.90. The Morgan fingerprint density at radius 3 is 2.86 bits per heavy atom. The molecule has 0 amide bonds. The maximum absolute atomic E-state index is 11.1. The van der Waals surface area contributed by atoms with Gasteiger partial charge in [-0.1, -0.05) is 12.1 Å². The maximum Gasteiger partial charge on any atom is 0.159 e. The van der Waals surface area contributed by atoms with Gasteiger partial charge in [0, 0.05) is 22.5 Å². The van der Waals surface area contributed by atoms with Gasteiger partial charge >= 0.3 is 0 Å². The number of Topliss-reactive ketones (excluding diaryl/α,β-unsaturated/α-hetero) is 1. The molecule has 0 saturated heterocycles. The monoisotopic (exact) mass is 187 g/mol. The molecule has 2 rings (SSSR count). The molecule has 0 atom stereocenters. The van der Waals surface area contributed by atoms with Crippen molar-refractivity contribution in [2.24, 2.45) is 0 Å². The Morgan fingerprint density at radius 2 is 2.14 bits per heavy atom. The molecule has 0 fully saturated rings. The number of fused-ring (bicyclic) bond motifs is 1. The Bertz CT molecular complexity index is 506. The number of carbonyl (C=O) groups is 1. The number of benzene rings is 1. The third-order valence-corrected chi connectivity index (χ3v) is 2.15. The van der Waals surface area contributed by atoms with Crippen LogP contribution in [-0.4, -0.2) is 15.9 Å². The first-order chi connectivity index (χ1) is 6.68. The predicted molar refractivity (Wildman–Crippen MR) is 53.4 cm³/mol. The molecular weight excluding hydrogens is 178 g/mol. The van der Waals surface area contributed by atoms with Crippen molar-refractivity contribution >= 4 is 16.6 Å². The third-order valence-electron chi connectivity index (χ3n) is 2.15. The fraction of sp³-hybridized carbons (Fsp3) is 0.0909. The van der Waals surface area contributed by atoms with E-state index in [1.165, 1.54) is 13.1 Å². The van der Waals surface area contributed by atoms with Crippen LogP contribution < -0.4 is 0 Å². The van der Waals surface area contributed by atoms with Gasteiger partial charge in [-0.25, -0.2) is 0 Å². The van der Waals surface area contributed by atoms with Crippen LogP contribution in [0.2, 0.25) is 0 Å². The molecule has 2 aromatic rings. The van der Waals surface area contributed by atoms with Gasteiger partial charge in [0.2, 0.25) is 0 Å². The van der Waals surface area contributed by atoms with E-state index in [2.05, 4.69) is 4.98 Å². The molecule has 14 heavy (non-hydrogen) atoms. The molecule has 70 valence electrons. The fourth-order valence-corrected chi connectivity index (χ4v) is 1.37. The molecule has 0 spiro atoms. The molecule has 1 aromatic heterocycles. The number of carbonyl (C=O) groups excluding carboxylic acids is 1. The molecule has 1 heterocycles. The number of rotatable bonds is 1. The molecule has 0 aliphatic carbocycles. The molecular formula is C11H9NO2. The molecule has 3 heteroatoms. The summed E-state index contributed by atoms with van der Waals surface area (Å²) in [5.74, 6) is 0.0914. The van der Waals surface area contributed by atoms with Gasteiger partial charge in [-0.05, 0) is 13.0 Å². The SMILES string of the molecule is CC(=O)c1ccc2cncc(O)c2c1. The number of pyridine rings is 1. The lowest BCUT2D eigenvalue weighted by atomic mass is 10.1. The van der Waals surface area contributed by atoms with Crippen LogP contribution in [0.3, 0.4) is 0 Å². The molecule has 3 nitrogen and oxygen atoms in total. The highest BCUT2D eigenvalue weighted by Gasteiger charge is 2.03. The summed E-state index contributed by atoms with van der Waals surface area (Å²) in [4.78, 5) is 15.0. The smallest absolute Gasteiger partial charge is 0.159 e. The predicted octanol–water partition coefficient (Wildman–Crippen LogP) is 2.14.